The van der Waals surface area contributed by atoms with E-state index >= 15 is 0 Å². The lowest BCUT2D eigenvalue weighted by Crippen LogP contribution is -2.23. The first-order valence-electron chi connectivity index (χ1n) is 6.09. The van der Waals surface area contributed by atoms with Crippen LogP contribution in [0.2, 0.25) is 0 Å². The summed E-state index contributed by atoms with van der Waals surface area (Å²) >= 11 is 6.52. The minimum atomic E-state index is -0.834. The Balaban J connectivity index is 2.10. The molecular formula is C14H11ClN4O. The normalized spacial score (nSPS) is 21.1. The monoisotopic (exact) mass is 286 g/mol. The molecular weight excluding hydrogens is 276 g/mol. The van der Waals surface area contributed by atoms with Gasteiger partial charge >= 0.3 is 0 Å². The molecule has 1 N–H and O–H groups in total. The van der Waals surface area contributed by atoms with Crippen molar-refractivity contribution in [2.75, 3.05) is 0 Å². The molecule has 2 aromatic rings. The number of aromatic nitrogens is 3. The molecule has 1 unspecified atom stereocenters. The lowest BCUT2D eigenvalue weighted by Gasteiger charge is -2.22. The van der Waals surface area contributed by atoms with Crippen LogP contribution in [0.3, 0.4) is 0 Å². The second kappa shape index (κ2) is 5.02. The molecule has 0 radical (unpaired) electrons. The first-order valence-corrected chi connectivity index (χ1v) is 6.47. The SMILES string of the molecule is O=c1cc(C2(Cl)C=CN=CC2)nc(-c2ccccn2)[nH]1. The first-order chi connectivity index (χ1) is 9.67. The third-order valence-corrected chi connectivity index (χ3v) is 3.47. The number of alkyl halides is 1. The van der Waals surface area contributed by atoms with Crippen molar-refractivity contribution in [2.24, 2.45) is 4.99 Å². The van der Waals surface area contributed by atoms with Crippen LogP contribution >= 0.6 is 11.6 Å². The highest BCUT2D eigenvalue weighted by Gasteiger charge is 2.29. The molecule has 1 aliphatic heterocycles. The van der Waals surface area contributed by atoms with Gasteiger partial charge in [-0.05, 0) is 18.2 Å². The Kier molecular flexibility index (Phi) is 3.20. The van der Waals surface area contributed by atoms with Crippen LogP contribution in [0.4, 0.5) is 0 Å². The molecule has 1 aliphatic rings. The average molecular weight is 287 g/mol. The fourth-order valence-corrected chi connectivity index (χ4v) is 2.18. The predicted molar refractivity (Wildman–Crippen MR) is 77.9 cm³/mol. The van der Waals surface area contributed by atoms with Gasteiger partial charge < -0.3 is 4.98 Å². The molecule has 6 heteroatoms. The number of nitrogens with one attached hydrogen (secondary N) is 1. The molecule has 5 nitrogen and oxygen atoms in total. The molecule has 3 heterocycles. The summed E-state index contributed by atoms with van der Waals surface area (Å²) < 4.78 is 0. The zero-order chi connectivity index (χ0) is 14.0. The molecule has 20 heavy (non-hydrogen) atoms. The smallest absolute Gasteiger partial charge is 0.251 e. The highest BCUT2D eigenvalue weighted by atomic mass is 35.5. The highest BCUT2D eigenvalue weighted by molar-refractivity contribution is 6.26. The van der Waals surface area contributed by atoms with Gasteiger partial charge in [0, 0.05) is 31.1 Å². The van der Waals surface area contributed by atoms with E-state index in [9.17, 15) is 4.79 Å². The van der Waals surface area contributed by atoms with E-state index in [0.717, 1.165) is 0 Å². The summed E-state index contributed by atoms with van der Waals surface area (Å²) in [6.45, 7) is 0. The van der Waals surface area contributed by atoms with E-state index in [0.29, 0.717) is 23.6 Å². The molecule has 0 fully saturated rings. The van der Waals surface area contributed by atoms with Crippen molar-refractivity contribution in [1.29, 1.82) is 0 Å². The van der Waals surface area contributed by atoms with E-state index < -0.39 is 4.87 Å². The van der Waals surface area contributed by atoms with Crippen LogP contribution in [0, 0.1) is 0 Å². The maximum Gasteiger partial charge on any atom is 0.251 e. The lowest BCUT2D eigenvalue weighted by atomic mass is 9.99. The Bertz CT molecular complexity index is 738. The van der Waals surface area contributed by atoms with Crippen molar-refractivity contribution >= 4 is 17.8 Å². The molecule has 0 aromatic carbocycles. The minimum absolute atomic E-state index is 0.258. The van der Waals surface area contributed by atoms with E-state index in [2.05, 4.69) is 19.9 Å². The van der Waals surface area contributed by atoms with Crippen LogP contribution in [0.1, 0.15) is 12.1 Å². The van der Waals surface area contributed by atoms with E-state index in [1.165, 1.54) is 6.07 Å². The van der Waals surface area contributed by atoms with E-state index in [4.69, 9.17) is 11.6 Å². The summed E-state index contributed by atoms with van der Waals surface area (Å²) in [5.41, 5.74) is 0.831. The number of rotatable bonds is 2. The molecule has 0 spiro atoms. The van der Waals surface area contributed by atoms with Gasteiger partial charge in [-0.3, -0.25) is 14.8 Å². The summed E-state index contributed by atoms with van der Waals surface area (Å²) in [6, 6.07) is 6.82. The number of allylic oxidation sites excluding steroid dienone is 1. The van der Waals surface area contributed by atoms with Crippen LogP contribution in [-0.4, -0.2) is 21.2 Å². The maximum atomic E-state index is 11.8. The van der Waals surface area contributed by atoms with Crippen LogP contribution < -0.4 is 5.56 Å². The van der Waals surface area contributed by atoms with Gasteiger partial charge in [0.1, 0.15) is 10.6 Å². The number of pyridine rings is 1. The number of hydrogen-bond donors (Lipinski definition) is 1. The number of H-pyrrole nitrogens is 1. The first kappa shape index (κ1) is 12.7. The Morgan fingerprint density at radius 3 is 2.95 bits per heavy atom. The topological polar surface area (TPSA) is 71.0 Å². The quantitative estimate of drug-likeness (QED) is 0.861. The third-order valence-electron chi connectivity index (χ3n) is 2.99. The summed E-state index contributed by atoms with van der Waals surface area (Å²) in [6.07, 6.45) is 7.18. The fourth-order valence-electron chi connectivity index (χ4n) is 1.96. The average Bonchev–Trinajstić information content (AvgIpc) is 2.48. The molecule has 1 atom stereocenters. The number of hydrogen-bond acceptors (Lipinski definition) is 4. The van der Waals surface area contributed by atoms with E-state index in [1.54, 1.807) is 36.8 Å². The molecule has 0 bridgehead atoms. The second-order valence-electron chi connectivity index (χ2n) is 4.41. The summed E-state index contributed by atoms with van der Waals surface area (Å²) in [7, 11) is 0. The van der Waals surface area contributed by atoms with Crippen molar-refractivity contribution in [3.63, 3.8) is 0 Å². The number of halogens is 1. The van der Waals surface area contributed by atoms with Crippen molar-refractivity contribution in [3.8, 4) is 11.5 Å². The summed E-state index contributed by atoms with van der Waals surface area (Å²) in [4.78, 5) is 26.3. The largest absolute Gasteiger partial charge is 0.305 e. The van der Waals surface area contributed by atoms with Gasteiger partial charge in [0.25, 0.3) is 5.56 Å². The second-order valence-corrected chi connectivity index (χ2v) is 5.08. The van der Waals surface area contributed by atoms with E-state index in [1.807, 2.05) is 6.07 Å². The molecule has 0 amide bonds. The van der Waals surface area contributed by atoms with Crippen molar-refractivity contribution < 1.29 is 0 Å². The van der Waals surface area contributed by atoms with Gasteiger partial charge in [-0.1, -0.05) is 6.07 Å². The van der Waals surface area contributed by atoms with Gasteiger partial charge in [0.05, 0.1) is 5.69 Å². The minimum Gasteiger partial charge on any atom is -0.305 e. The summed E-state index contributed by atoms with van der Waals surface area (Å²) in [5, 5.41) is 0. The van der Waals surface area contributed by atoms with Crippen LogP contribution in [0.15, 0.2) is 52.5 Å². The van der Waals surface area contributed by atoms with Gasteiger partial charge in [-0.15, -0.1) is 11.6 Å². The predicted octanol–water partition coefficient (Wildman–Crippen LogP) is 2.25. The van der Waals surface area contributed by atoms with Crippen LogP contribution in [0.25, 0.3) is 11.5 Å². The van der Waals surface area contributed by atoms with Crippen LogP contribution in [0.5, 0.6) is 0 Å². The van der Waals surface area contributed by atoms with Gasteiger partial charge in [0.15, 0.2) is 5.82 Å². The Morgan fingerprint density at radius 2 is 2.25 bits per heavy atom. The zero-order valence-electron chi connectivity index (χ0n) is 10.5. The molecule has 0 aliphatic carbocycles. The third kappa shape index (κ3) is 2.40. The van der Waals surface area contributed by atoms with Crippen molar-refractivity contribution in [2.45, 2.75) is 11.3 Å². The Labute approximate surface area is 120 Å². The van der Waals surface area contributed by atoms with Crippen LogP contribution in [-0.2, 0) is 4.87 Å². The molecule has 3 rings (SSSR count). The summed E-state index contributed by atoms with van der Waals surface area (Å²) in [5.74, 6) is 0.407. The fraction of sp³-hybridized carbons (Fsp3) is 0.143. The van der Waals surface area contributed by atoms with Gasteiger partial charge in [-0.25, -0.2) is 4.98 Å². The maximum absolute atomic E-state index is 11.8. The Hall–Kier alpha value is -2.27. The molecule has 100 valence electrons. The molecule has 0 saturated carbocycles. The van der Waals surface area contributed by atoms with Gasteiger partial charge in [0.2, 0.25) is 0 Å². The van der Waals surface area contributed by atoms with Crippen molar-refractivity contribution in [1.82, 2.24) is 15.0 Å². The lowest BCUT2D eigenvalue weighted by molar-refractivity contribution is 0.750. The highest BCUT2D eigenvalue weighted by Crippen LogP contribution is 2.34. The van der Waals surface area contributed by atoms with Gasteiger partial charge in [-0.2, -0.15) is 0 Å². The van der Waals surface area contributed by atoms with E-state index in [-0.39, 0.29) is 5.56 Å². The molecule has 0 saturated heterocycles. The number of nitrogens with zero attached hydrogens (tertiary/aromatic N) is 3. The standard InChI is InChI=1S/C14H11ClN4O/c15-14(4-7-16-8-5-14)11-9-12(20)19-13(18-11)10-3-1-2-6-17-10/h1-4,6-9H,5H2,(H,18,19,20). The number of aromatic amines is 1. The molecule has 2 aromatic heterocycles. The Morgan fingerprint density at radius 1 is 1.35 bits per heavy atom. The zero-order valence-corrected chi connectivity index (χ0v) is 11.2. The number of aliphatic imine (C=N–C) groups is 1. The van der Waals surface area contributed by atoms with Crippen molar-refractivity contribution in [3.05, 3.63) is 58.8 Å².